The minimum atomic E-state index is -0.544. The Balaban J connectivity index is 0.00000162. The van der Waals surface area contributed by atoms with Gasteiger partial charge in [-0.05, 0) is 37.7 Å². The van der Waals surface area contributed by atoms with Crippen molar-refractivity contribution in [3.05, 3.63) is 35.9 Å². The van der Waals surface area contributed by atoms with Gasteiger partial charge in [0.2, 0.25) is 0 Å². The molecule has 1 aromatic carbocycles. The first kappa shape index (κ1) is 15.0. The zero-order chi connectivity index (χ0) is 12.1. The summed E-state index contributed by atoms with van der Waals surface area (Å²) in [7, 11) is 0. The summed E-state index contributed by atoms with van der Waals surface area (Å²) in [6.45, 7) is 0. The number of esters is 1. The smallest absolute Gasteiger partial charge is 0.323 e. The molecule has 0 amide bonds. The van der Waals surface area contributed by atoms with Crippen LogP contribution in [0.5, 0.6) is 0 Å². The van der Waals surface area contributed by atoms with E-state index in [9.17, 15) is 4.79 Å². The Kier molecular flexibility index (Phi) is 6.16. The largest absolute Gasteiger partial charge is 0.461 e. The molecule has 2 N–H and O–H groups in total. The molecule has 1 aliphatic carbocycles. The van der Waals surface area contributed by atoms with Crippen molar-refractivity contribution in [2.75, 3.05) is 0 Å². The van der Waals surface area contributed by atoms with E-state index in [2.05, 4.69) is 0 Å². The van der Waals surface area contributed by atoms with Gasteiger partial charge in [0.25, 0.3) is 0 Å². The predicted molar refractivity (Wildman–Crippen MR) is 73.7 cm³/mol. The Morgan fingerprint density at radius 3 is 2.50 bits per heavy atom. The van der Waals surface area contributed by atoms with Crippen LogP contribution >= 0.6 is 12.4 Å². The van der Waals surface area contributed by atoms with E-state index in [-0.39, 0.29) is 24.5 Å². The first-order valence-corrected chi connectivity index (χ1v) is 6.25. The van der Waals surface area contributed by atoms with Gasteiger partial charge in [0.15, 0.2) is 0 Å². The second-order valence-corrected chi connectivity index (χ2v) is 4.64. The Labute approximate surface area is 114 Å². The summed E-state index contributed by atoms with van der Waals surface area (Å²) in [6.07, 6.45) is 4.95. The van der Waals surface area contributed by atoms with Crippen LogP contribution in [0, 0.1) is 0 Å². The molecule has 1 saturated carbocycles. The molecule has 1 aromatic rings. The minimum absolute atomic E-state index is 0. The van der Waals surface area contributed by atoms with Gasteiger partial charge in [-0.15, -0.1) is 12.4 Å². The first-order valence-electron chi connectivity index (χ1n) is 6.25. The highest BCUT2D eigenvalue weighted by Crippen LogP contribution is 2.21. The van der Waals surface area contributed by atoms with Gasteiger partial charge in [0.1, 0.15) is 12.1 Å². The van der Waals surface area contributed by atoms with E-state index in [1.54, 1.807) is 0 Å². The third kappa shape index (κ3) is 4.31. The Morgan fingerprint density at radius 1 is 1.28 bits per heavy atom. The first-order chi connectivity index (χ1) is 8.25. The number of carbonyl (C=O) groups excluding carboxylic acids is 1. The van der Waals surface area contributed by atoms with Gasteiger partial charge in [0, 0.05) is 0 Å². The molecule has 0 spiro atoms. The van der Waals surface area contributed by atoms with Crippen LogP contribution in [0.1, 0.15) is 31.2 Å². The zero-order valence-corrected chi connectivity index (χ0v) is 11.2. The number of hydrogen-bond acceptors (Lipinski definition) is 3. The quantitative estimate of drug-likeness (QED) is 0.855. The maximum absolute atomic E-state index is 11.8. The molecule has 1 atom stereocenters. The summed E-state index contributed by atoms with van der Waals surface area (Å²) >= 11 is 0. The Bertz CT molecular complexity index is 363. The van der Waals surface area contributed by atoms with E-state index in [1.165, 1.54) is 0 Å². The van der Waals surface area contributed by atoms with Gasteiger partial charge >= 0.3 is 5.97 Å². The van der Waals surface area contributed by atoms with Crippen molar-refractivity contribution in [2.24, 2.45) is 5.73 Å². The summed E-state index contributed by atoms with van der Waals surface area (Å²) in [5, 5.41) is 0. The lowest BCUT2D eigenvalue weighted by molar-refractivity contribution is -0.150. The van der Waals surface area contributed by atoms with Crippen LogP contribution in [0.3, 0.4) is 0 Å². The van der Waals surface area contributed by atoms with Gasteiger partial charge in [-0.1, -0.05) is 30.3 Å². The SMILES string of the molecule is Cl.NC(Cc1ccccc1)C(=O)OC1CCCC1. The Morgan fingerprint density at radius 2 is 1.89 bits per heavy atom. The second kappa shape index (κ2) is 7.39. The topological polar surface area (TPSA) is 52.3 Å². The lowest BCUT2D eigenvalue weighted by Gasteiger charge is -2.15. The highest BCUT2D eigenvalue weighted by Gasteiger charge is 2.23. The summed E-state index contributed by atoms with van der Waals surface area (Å²) in [5.41, 5.74) is 6.93. The van der Waals surface area contributed by atoms with E-state index in [0.29, 0.717) is 6.42 Å². The van der Waals surface area contributed by atoms with E-state index >= 15 is 0 Å². The van der Waals surface area contributed by atoms with Crippen molar-refractivity contribution in [3.63, 3.8) is 0 Å². The Hall–Kier alpha value is -1.06. The van der Waals surface area contributed by atoms with Crippen molar-refractivity contribution < 1.29 is 9.53 Å². The molecule has 2 rings (SSSR count). The lowest BCUT2D eigenvalue weighted by Crippen LogP contribution is -2.36. The fraction of sp³-hybridized carbons (Fsp3) is 0.500. The predicted octanol–water partition coefficient (Wildman–Crippen LogP) is 2.46. The molecule has 100 valence electrons. The molecule has 1 unspecified atom stereocenters. The van der Waals surface area contributed by atoms with Crippen molar-refractivity contribution in [1.82, 2.24) is 0 Å². The zero-order valence-electron chi connectivity index (χ0n) is 10.4. The fourth-order valence-corrected chi connectivity index (χ4v) is 2.21. The van der Waals surface area contributed by atoms with Crippen LogP contribution in [-0.2, 0) is 16.0 Å². The van der Waals surface area contributed by atoms with E-state index in [1.807, 2.05) is 30.3 Å². The van der Waals surface area contributed by atoms with E-state index in [0.717, 1.165) is 31.2 Å². The van der Waals surface area contributed by atoms with Crippen LogP contribution in [0.15, 0.2) is 30.3 Å². The van der Waals surface area contributed by atoms with Crippen LogP contribution in [0.4, 0.5) is 0 Å². The second-order valence-electron chi connectivity index (χ2n) is 4.64. The number of benzene rings is 1. The van der Waals surface area contributed by atoms with Crippen molar-refractivity contribution in [3.8, 4) is 0 Å². The summed E-state index contributed by atoms with van der Waals surface area (Å²) in [6, 6.07) is 9.25. The van der Waals surface area contributed by atoms with Gasteiger partial charge in [-0.3, -0.25) is 4.79 Å². The highest BCUT2D eigenvalue weighted by atomic mass is 35.5. The molecule has 1 fully saturated rings. The van der Waals surface area contributed by atoms with E-state index < -0.39 is 6.04 Å². The molecule has 0 bridgehead atoms. The van der Waals surface area contributed by atoms with Gasteiger partial charge < -0.3 is 10.5 Å². The number of hydrogen-bond donors (Lipinski definition) is 1. The summed E-state index contributed by atoms with van der Waals surface area (Å²) < 4.78 is 5.38. The standard InChI is InChI=1S/C14H19NO2.ClH/c15-13(10-11-6-2-1-3-7-11)14(16)17-12-8-4-5-9-12;/h1-3,6-7,12-13H,4-5,8-10,15H2;1H. The van der Waals surface area contributed by atoms with Crippen molar-refractivity contribution >= 4 is 18.4 Å². The number of rotatable bonds is 4. The fourth-order valence-electron chi connectivity index (χ4n) is 2.21. The molecule has 0 radical (unpaired) electrons. The third-order valence-electron chi connectivity index (χ3n) is 3.19. The van der Waals surface area contributed by atoms with Crippen LogP contribution in [-0.4, -0.2) is 18.1 Å². The molecule has 4 heteroatoms. The monoisotopic (exact) mass is 269 g/mol. The van der Waals surface area contributed by atoms with Gasteiger partial charge in [-0.25, -0.2) is 0 Å². The molecule has 0 aliphatic heterocycles. The third-order valence-corrected chi connectivity index (χ3v) is 3.19. The molecule has 0 saturated heterocycles. The minimum Gasteiger partial charge on any atom is -0.461 e. The van der Waals surface area contributed by atoms with Crippen LogP contribution in [0.2, 0.25) is 0 Å². The maximum atomic E-state index is 11.8. The number of ether oxygens (including phenoxy) is 1. The lowest BCUT2D eigenvalue weighted by atomic mass is 10.1. The molecule has 3 nitrogen and oxygen atoms in total. The molecule has 18 heavy (non-hydrogen) atoms. The van der Waals surface area contributed by atoms with Gasteiger partial charge in [0.05, 0.1) is 0 Å². The van der Waals surface area contributed by atoms with E-state index in [4.69, 9.17) is 10.5 Å². The molecule has 0 aromatic heterocycles. The number of carbonyl (C=O) groups is 1. The average Bonchev–Trinajstić information content (AvgIpc) is 2.83. The molecule has 1 aliphatic rings. The molecule has 0 heterocycles. The molecular formula is C14H20ClNO2. The molecular weight excluding hydrogens is 250 g/mol. The van der Waals surface area contributed by atoms with Crippen LogP contribution < -0.4 is 5.73 Å². The number of nitrogens with two attached hydrogens (primary N) is 1. The number of halogens is 1. The summed E-state index contributed by atoms with van der Waals surface area (Å²) in [5.74, 6) is -0.263. The highest BCUT2D eigenvalue weighted by molar-refractivity contribution is 5.85. The average molecular weight is 270 g/mol. The van der Waals surface area contributed by atoms with Crippen LogP contribution in [0.25, 0.3) is 0 Å². The van der Waals surface area contributed by atoms with Crippen molar-refractivity contribution in [1.29, 1.82) is 0 Å². The van der Waals surface area contributed by atoms with Gasteiger partial charge in [-0.2, -0.15) is 0 Å². The maximum Gasteiger partial charge on any atom is 0.323 e. The van der Waals surface area contributed by atoms with Crippen molar-refractivity contribution in [2.45, 2.75) is 44.2 Å². The summed E-state index contributed by atoms with van der Waals surface area (Å²) in [4.78, 5) is 11.8. The normalized spacial score (nSPS) is 16.9.